The number of rotatable bonds is 3. The summed E-state index contributed by atoms with van der Waals surface area (Å²) in [5, 5.41) is 9.94. The van der Waals surface area contributed by atoms with Crippen molar-refractivity contribution in [2.75, 3.05) is 13.2 Å². The van der Waals surface area contributed by atoms with Crippen molar-refractivity contribution >= 4 is 5.78 Å². The highest BCUT2D eigenvalue weighted by Crippen LogP contribution is 2.23. The molecule has 2 unspecified atom stereocenters. The van der Waals surface area contributed by atoms with Crippen molar-refractivity contribution in [1.29, 1.82) is 0 Å². The molecule has 1 aromatic rings. The molecule has 1 saturated heterocycles. The highest BCUT2D eigenvalue weighted by atomic mass is 16.5. The number of carbonyl (C=O) groups excluding carboxylic acids is 1. The van der Waals surface area contributed by atoms with Crippen LogP contribution < -0.4 is 0 Å². The van der Waals surface area contributed by atoms with E-state index in [1.807, 2.05) is 18.2 Å². The Morgan fingerprint density at radius 1 is 1.38 bits per heavy atom. The molecule has 0 saturated carbocycles. The van der Waals surface area contributed by atoms with Crippen molar-refractivity contribution in [2.45, 2.75) is 18.9 Å². The van der Waals surface area contributed by atoms with Crippen molar-refractivity contribution in [3.05, 3.63) is 35.9 Å². The summed E-state index contributed by atoms with van der Waals surface area (Å²) in [6.45, 7) is 1.17. The normalized spacial score (nSPS) is 22.7. The zero-order valence-electron chi connectivity index (χ0n) is 9.13. The molecular weight excluding hydrogens is 204 g/mol. The molecule has 3 heteroatoms. The summed E-state index contributed by atoms with van der Waals surface area (Å²) in [5.74, 6) is -0.269. The van der Waals surface area contributed by atoms with Gasteiger partial charge in [0.05, 0.1) is 6.61 Å². The van der Waals surface area contributed by atoms with Crippen molar-refractivity contribution < 1.29 is 14.6 Å². The maximum absolute atomic E-state index is 12.0. The highest BCUT2D eigenvalue weighted by molar-refractivity contribution is 5.86. The first kappa shape index (κ1) is 11.3. The van der Waals surface area contributed by atoms with Crippen LogP contribution in [0.15, 0.2) is 30.3 Å². The van der Waals surface area contributed by atoms with Gasteiger partial charge in [0.2, 0.25) is 0 Å². The summed E-state index contributed by atoms with van der Waals surface area (Å²) in [5.41, 5.74) is 0.665. The lowest BCUT2D eigenvalue weighted by Crippen LogP contribution is -2.29. The van der Waals surface area contributed by atoms with Crippen LogP contribution >= 0.6 is 0 Å². The van der Waals surface area contributed by atoms with Gasteiger partial charge in [-0.05, 0) is 18.4 Å². The Labute approximate surface area is 95.0 Å². The lowest BCUT2D eigenvalue weighted by Gasteiger charge is -2.23. The third-order valence-electron chi connectivity index (χ3n) is 2.95. The lowest BCUT2D eigenvalue weighted by molar-refractivity contribution is -0.135. The van der Waals surface area contributed by atoms with Crippen LogP contribution in [-0.4, -0.2) is 24.1 Å². The molecule has 0 radical (unpaired) electrons. The van der Waals surface area contributed by atoms with E-state index in [2.05, 4.69) is 0 Å². The molecule has 1 fully saturated rings. The number of aliphatic hydroxyl groups excluding tert-OH is 1. The first-order chi connectivity index (χ1) is 7.79. The molecule has 0 aromatic heterocycles. The van der Waals surface area contributed by atoms with Crippen LogP contribution in [0.25, 0.3) is 0 Å². The Kier molecular flexibility index (Phi) is 3.70. The topological polar surface area (TPSA) is 46.5 Å². The molecule has 2 atom stereocenters. The van der Waals surface area contributed by atoms with Crippen LogP contribution in [0.3, 0.4) is 0 Å². The van der Waals surface area contributed by atoms with Crippen molar-refractivity contribution in [3.8, 4) is 0 Å². The Morgan fingerprint density at radius 3 is 2.75 bits per heavy atom. The molecule has 3 nitrogen and oxygen atoms in total. The zero-order valence-corrected chi connectivity index (χ0v) is 9.13. The average molecular weight is 220 g/mol. The van der Waals surface area contributed by atoms with E-state index in [1.54, 1.807) is 12.1 Å². The Morgan fingerprint density at radius 2 is 2.12 bits per heavy atom. The van der Waals surface area contributed by atoms with Crippen LogP contribution in [0.4, 0.5) is 0 Å². The minimum absolute atomic E-state index is 0.120. The molecule has 1 aromatic carbocycles. The minimum atomic E-state index is -1.01. The SMILES string of the molecule is O=C(C1CCCOC1)C(O)c1ccccc1. The number of Topliss-reactive ketones (excluding diaryl/α,β-unsaturated/α-hetero) is 1. The van der Waals surface area contributed by atoms with E-state index >= 15 is 0 Å². The Bertz CT molecular complexity index is 341. The predicted octanol–water partition coefficient (Wildman–Crippen LogP) is 1.72. The van der Waals surface area contributed by atoms with Gasteiger partial charge in [-0.15, -0.1) is 0 Å². The van der Waals surface area contributed by atoms with E-state index in [1.165, 1.54) is 0 Å². The molecule has 1 aliphatic heterocycles. The van der Waals surface area contributed by atoms with E-state index in [9.17, 15) is 9.90 Å². The molecule has 0 aliphatic carbocycles. The second kappa shape index (κ2) is 5.23. The fraction of sp³-hybridized carbons (Fsp3) is 0.462. The Balaban J connectivity index is 2.04. The maximum Gasteiger partial charge on any atom is 0.171 e. The lowest BCUT2D eigenvalue weighted by atomic mass is 9.91. The molecule has 86 valence electrons. The number of hydrogen-bond acceptors (Lipinski definition) is 3. The fourth-order valence-electron chi connectivity index (χ4n) is 1.99. The van der Waals surface area contributed by atoms with Gasteiger partial charge in [-0.1, -0.05) is 30.3 Å². The summed E-state index contributed by atoms with van der Waals surface area (Å²) in [4.78, 5) is 12.0. The van der Waals surface area contributed by atoms with Crippen molar-refractivity contribution in [2.24, 2.45) is 5.92 Å². The number of aliphatic hydroxyl groups is 1. The number of benzene rings is 1. The van der Waals surface area contributed by atoms with Gasteiger partial charge in [-0.2, -0.15) is 0 Å². The number of hydrogen-bond donors (Lipinski definition) is 1. The molecule has 0 spiro atoms. The third-order valence-corrected chi connectivity index (χ3v) is 2.95. The molecule has 1 aliphatic rings. The fourth-order valence-corrected chi connectivity index (χ4v) is 1.99. The van der Waals surface area contributed by atoms with Gasteiger partial charge in [0.25, 0.3) is 0 Å². The van der Waals surface area contributed by atoms with Crippen molar-refractivity contribution in [3.63, 3.8) is 0 Å². The molecule has 1 N–H and O–H groups in total. The molecule has 0 bridgehead atoms. The van der Waals surface area contributed by atoms with Crippen LogP contribution in [0.2, 0.25) is 0 Å². The minimum Gasteiger partial charge on any atom is -0.381 e. The van der Waals surface area contributed by atoms with Gasteiger partial charge in [-0.25, -0.2) is 0 Å². The van der Waals surface area contributed by atoms with E-state index in [0.29, 0.717) is 12.2 Å². The Hall–Kier alpha value is -1.19. The number of ketones is 1. The largest absolute Gasteiger partial charge is 0.381 e. The molecule has 0 amide bonds. The van der Waals surface area contributed by atoms with E-state index in [-0.39, 0.29) is 11.7 Å². The van der Waals surface area contributed by atoms with Crippen LogP contribution in [-0.2, 0) is 9.53 Å². The van der Waals surface area contributed by atoms with Crippen molar-refractivity contribution in [1.82, 2.24) is 0 Å². The van der Waals surface area contributed by atoms with Crippen LogP contribution in [0, 0.1) is 5.92 Å². The quantitative estimate of drug-likeness (QED) is 0.843. The van der Waals surface area contributed by atoms with E-state index in [4.69, 9.17) is 4.74 Å². The van der Waals surface area contributed by atoms with Gasteiger partial charge >= 0.3 is 0 Å². The van der Waals surface area contributed by atoms with E-state index in [0.717, 1.165) is 19.4 Å². The van der Waals surface area contributed by atoms with Crippen LogP contribution in [0.1, 0.15) is 24.5 Å². The average Bonchev–Trinajstić information content (AvgIpc) is 2.39. The first-order valence-electron chi connectivity index (χ1n) is 5.63. The standard InChI is InChI=1S/C13H16O3/c14-12(10-5-2-1-3-6-10)13(15)11-7-4-8-16-9-11/h1-3,5-6,11-12,14H,4,7-9H2. The van der Waals surface area contributed by atoms with Crippen LogP contribution in [0.5, 0.6) is 0 Å². The number of ether oxygens (including phenoxy) is 1. The molecule has 16 heavy (non-hydrogen) atoms. The van der Waals surface area contributed by atoms with Gasteiger partial charge in [0.15, 0.2) is 5.78 Å². The van der Waals surface area contributed by atoms with Gasteiger partial charge in [-0.3, -0.25) is 4.79 Å². The highest BCUT2D eigenvalue weighted by Gasteiger charge is 2.28. The molecule has 2 rings (SSSR count). The third kappa shape index (κ3) is 2.49. The van der Waals surface area contributed by atoms with Gasteiger partial charge in [0, 0.05) is 12.5 Å². The maximum atomic E-state index is 12.0. The predicted molar refractivity (Wildman–Crippen MR) is 60.0 cm³/mol. The molecular formula is C13H16O3. The summed E-state index contributed by atoms with van der Waals surface area (Å²) in [7, 11) is 0. The summed E-state index contributed by atoms with van der Waals surface area (Å²) >= 11 is 0. The smallest absolute Gasteiger partial charge is 0.171 e. The summed E-state index contributed by atoms with van der Waals surface area (Å²) in [6.07, 6.45) is 0.716. The molecule has 1 heterocycles. The second-order valence-electron chi connectivity index (χ2n) is 4.13. The number of carbonyl (C=O) groups is 1. The van der Waals surface area contributed by atoms with E-state index < -0.39 is 6.10 Å². The monoisotopic (exact) mass is 220 g/mol. The second-order valence-corrected chi connectivity index (χ2v) is 4.13. The summed E-state index contributed by atoms with van der Waals surface area (Å²) in [6, 6.07) is 9.05. The first-order valence-corrected chi connectivity index (χ1v) is 5.63. The summed E-state index contributed by atoms with van der Waals surface area (Å²) < 4.78 is 5.26. The zero-order chi connectivity index (χ0) is 11.4. The van der Waals surface area contributed by atoms with Gasteiger partial charge < -0.3 is 9.84 Å². The van der Waals surface area contributed by atoms with Gasteiger partial charge in [0.1, 0.15) is 6.10 Å².